The third kappa shape index (κ3) is 3.10. The van der Waals surface area contributed by atoms with Crippen LogP contribution in [0.5, 0.6) is 0 Å². The summed E-state index contributed by atoms with van der Waals surface area (Å²) >= 11 is 0. The highest BCUT2D eigenvalue weighted by atomic mass is 19.4. The predicted molar refractivity (Wildman–Crippen MR) is 83.3 cm³/mol. The highest BCUT2D eigenvalue weighted by molar-refractivity contribution is 6.05. The lowest BCUT2D eigenvalue weighted by molar-refractivity contribution is -0.137. The number of aromatic nitrogens is 2. The lowest BCUT2D eigenvalue weighted by atomic mass is 10.1. The normalized spacial score (nSPS) is 11.7. The molecule has 1 heterocycles. The van der Waals surface area contributed by atoms with Gasteiger partial charge in [-0.3, -0.25) is 9.89 Å². The van der Waals surface area contributed by atoms with Gasteiger partial charge in [0, 0.05) is 19.0 Å². The van der Waals surface area contributed by atoms with E-state index in [2.05, 4.69) is 10.2 Å². The van der Waals surface area contributed by atoms with E-state index in [9.17, 15) is 18.0 Å². The SMILES string of the molecule is CN(Cc1ccc(C(F)(F)F)cc1)C(=O)c1cccc2cn[nH]c12. The summed E-state index contributed by atoms with van der Waals surface area (Å²) in [6.45, 7) is 0.210. The third-order valence-corrected chi connectivity index (χ3v) is 3.75. The summed E-state index contributed by atoms with van der Waals surface area (Å²) in [5, 5.41) is 7.53. The number of rotatable bonds is 3. The summed E-state index contributed by atoms with van der Waals surface area (Å²) in [6.07, 6.45) is -2.74. The highest BCUT2D eigenvalue weighted by Crippen LogP contribution is 2.29. The fourth-order valence-corrected chi connectivity index (χ4v) is 2.50. The van der Waals surface area contributed by atoms with Gasteiger partial charge < -0.3 is 4.90 Å². The van der Waals surface area contributed by atoms with Gasteiger partial charge in [0.2, 0.25) is 0 Å². The minimum Gasteiger partial charge on any atom is -0.337 e. The molecule has 4 nitrogen and oxygen atoms in total. The fraction of sp³-hybridized carbons (Fsp3) is 0.176. The van der Waals surface area contributed by atoms with E-state index in [0.29, 0.717) is 16.6 Å². The maximum atomic E-state index is 12.6. The minimum atomic E-state index is -4.36. The van der Waals surface area contributed by atoms with Crippen molar-refractivity contribution < 1.29 is 18.0 Å². The molecule has 0 saturated heterocycles. The van der Waals surface area contributed by atoms with E-state index in [1.165, 1.54) is 17.0 Å². The first-order chi connectivity index (χ1) is 11.4. The maximum absolute atomic E-state index is 12.6. The molecule has 1 amide bonds. The number of halogens is 3. The Labute approximate surface area is 135 Å². The Morgan fingerprint density at radius 2 is 1.88 bits per heavy atom. The molecular weight excluding hydrogens is 319 g/mol. The number of carbonyl (C=O) groups excluding carboxylic acids is 1. The molecule has 0 aliphatic carbocycles. The van der Waals surface area contributed by atoms with Gasteiger partial charge in [0.15, 0.2) is 0 Å². The molecule has 0 aliphatic heterocycles. The Morgan fingerprint density at radius 1 is 1.17 bits per heavy atom. The summed E-state index contributed by atoms with van der Waals surface area (Å²) in [4.78, 5) is 14.0. The van der Waals surface area contributed by atoms with Gasteiger partial charge in [-0.1, -0.05) is 24.3 Å². The fourth-order valence-electron chi connectivity index (χ4n) is 2.50. The molecule has 0 fully saturated rings. The number of aromatic amines is 1. The molecule has 124 valence electrons. The first-order valence-electron chi connectivity index (χ1n) is 7.20. The summed E-state index contributed by atoms with van der Waals surface area (Å²) in [7, 11) is 1.61. The second-order valence-electron chi connectivity index (χ2n) is 5.50. The van der Waals surface area contributed by atoms with Crippen LogP contribution < -0.4 is 0 Å². The van der Waals surface area contributed by atoms with Gasteiger partial charge in [-0.2, -0.15) is 18.3 Å². The van der Waals surface area contributed by atoms with Crippen molar-refractivity contribution in [2.75, 3.05) is 7.05 Å². The smallest absolute Gasteiger partial charge is 0.337 e. The molecule has 3 aromatic rings. The van der Waals surface area contributed by atoms with Gasteiger partial charge in [-0.05, 0) is 23.8 Å². The zero-order valence-corrected chi connectivity index (χ0v) is 12.8. The van der Waals surface area contributed by atoms with Crippen molar-refractivity contribution in [3.63, 3.8) is 0 Å². The van der Waals surface area contributed by atoms with E-state index >= 15 is 0 Å². The lowest BCUT2D eigenvalue weighted by Gasteiger charge is -2.18. The van der Waals surface area contributed by atoms with E-state index in [1.54, 1.807) is 25.4 Å². The minimum absolute atomic E-state index is 0.210. The molecule has 24 heavy (non-hydrogen) atoms. The largest absolute Gasteiger partial charge is 0.416 e. The van der Waals surface area contributed by atoms with Crippen molar-refractivity contribution in [3.8, 4) is 0 Å². The van der Waals surface area contributed by atoms with Crippen LogP contribution in [0.25, 0.3) is 10.9 Å². The van der Waals surface area contributed by atoms with Crippen molar-refractivity contribution in [2.24, 2.45) is 0 Å². The average Bonchev–Trinajstić information content (AvgIpc) is 3.02. The van der Waals surface area contributed by atoms with Crippen LogP contribution in [0.4, 0.5) is 13.2 Å². The van der Waals surface area contributed by atoms with Crippen LogP contribution in [0.1, 0.15) is 21.5 Å². The zero-order chi connectivity index (χ0) is 17.3. The molecular formula is C17H14F3N3O. The topological polar surface area (TPSA) is 49.0 Å². The number of H-pyrrole nitrogens is 1. The van der Waals surface area contributed by atoms with Crippen molar-refractivity contribution in [1.29, 1.82) is 0 Å². The number of carbonyl (C=O) groups is 1. The number of benzene rings is 2. The number of alkyl halides is 3. The Morgan fingerprint density at radius 3 is 2.54 bits per heavy atom. The van der Waals surface area contributed by atoms with Crippen LogP contribution in [-0.2, 0) is 12.7 Å². The van der Waals surface area contributed by atoms with Crippen LogP contribution >= 0.6 is 0 Å². The quantitative estimate of drug-likeness (QED) is 0.791. The molecule has 7 heteroatoms. The van der Waals surface area contributed by atoms with Gasteiger partial charge in [0.05, 0.1) is 22.8 Å². The third-order valence-electron chi connectivity index (χ3n) is 3.75. The Bertz CT molecular complexity index is 869. The number of nitrogens with zero attached hydrogens (tertiary/aromatic N) is 2. The second kappa shape index (κ2) is 5.99. The van der Waals surface area contributed by atoms with Crippen LogP contribution in [0.15, 0.2) is 48.7 Å². The average molecular weight is 333 g/mol. The first-order valence-corrected chi connectivity index (χ1v) is 7.20. The number of hydrogen-bond donors (Lipinski definition) is 1. The van der Waals surface area contributed by atoms with Crippen molar-refractivity contribution in [1.82, 2.24) is 15.1 Å². The molecule has 0 spiro atoms. The van der Waals surface area contributed by atoms with E-state index in [4.69, 9.17) is 0 Å². The Kier molecular flexibility index (Phi) is 4.01. The molecule has 3 rings (SSSR count). The maximum Gasteiger partial charge on any atom is 0.416 e. The van der Waals surface area contributed by atoms with Crippen LogP contribution in [0.2, 0.25) is 0 Å². The van der Waals surface area contributed by atoms with Crippen molar-refractivity contribution in [3.05, 3.63) is 65.4 Å². The molecule has 0 radical (unpaired) electrons. The molecule has 0 unspecified atom stereocenters. The molecule has 1 N–H and O–H groups in total. The summed E-state index contributed by atoms with van der Waals surface area (Å²) < 4.78 is 37.7. The van der Waals surface area contributed by atoms with E-state index in [-0.39, 0.29) is 12.5 Å². The molecule has 0 bridgehead atoms. The van der Waals surface area contributed by atoms with E-state index < -0.39 is 11.7 Å². The monoisotopic (exact) mass is 333 g/mol. The first kappa shape index (κ1) is 16.0. The lowest BCUT2D eigenvalue weighted by Crippen LogP contribution is -2.26. The number of hydrogen-bond acceptors (Lipinski definition) is 2. The highest BCUT2D eigenvalue weighted by Gasteiger charge is 2.30. The van der Waals surface area contributed by atoms with Gasteiger partial charge in [-0.15, -0.1) is 0 Å². The van der Waals surface area contributed by atoms with Crippen LogP contribution in [0, 0.1) is 0 Å². The number of fused-ring (bicyclic) bond motifs is 1. The van der Waals surface area contributed by atoms with Gasteiger partial charge in [0.25, 0.3) is 5.91 Å². The van der Waals surface area contributed by atoms with E-state index in [0.717, 1.165) is 17.5 Å². The Hall–Kier alpha value is -2.83. The molecule has 0 aliphatic rings. The molecule has 0 atom stereocenters. The summed E-state index contributed by atoms with van der Waals surface area (Å²) in [5.41, 5.74) is 1.03. The van der Waals surface area contributed by atoms with E-state index in [1.807, 2.05) is 6.07 Å². The van der Waals surface area contributed by atoms with Crippen molar-refractivity contribution >= 4 is 16.8 Å². The number of nitrogens with one attached hydrogen (secondary N) is 1. The van der Waals surface area contributed by atoms with Crippen LogP contribution in [-0.4, -0.2) is 28.1 Å². The Balaban J connectivity index is 1.78. The standard InChI is InChI=1S/C17H14F3N3O/c1-23(10-11-5-7-13(8-6-11)17(18,19)20)16(24)14-4-2-3-12-9-21-22-15(12)14/h2-9H,10H2,1H3,(H,21,22). The van der Waals surface area contributed by atoms with Crippen LogP contribution in [0.3, 0.4) is 0 Å². The zero-order valence-electron chi connectivity index (χ0n) is 12.8. The van der Waals surface area contributed by atoms with Crippen molar-refractivity contribution in [2.45, 2.75) is 12.7 Å². The van der Waals surface area contributed by atoms with Gasteiger partial charge in [0.1, 0.15) is 0 Å². The molecule has 2 aromatic carbocycles. The molecule has 1 aromatic heterocycles. The van der Waals surface area contributed by atoms with Gasteiger partial charge >= 0.3 is 6.18 Å². The molecule has 0 saturated carbocycles. The number of para-hydroxylation sites is 1. The summed E-state index contributed by atoms with van der Waals surface area (Å²) in [5.74, 6) is -0.232. The number of amides is 1. The summed E-state index contributed by atoms with van der Waals surface area (Å²) in [6, 6.07) is 10.1. The van der Waals surface area contributed by atoms with Gasteiger partial charge in [-0.25, -0.2) is 0 Å². The predicted octanol–water partition coefficient (Wildman–Crippen LogP) is 3.85. The second-order valence-corrected chi connectivity index (χ2v) is 5.50.